The number of nitrogens with zero attached hydrogens (tertiary/aromatic N) is 3. The molecule has 0 unspecified atom stereocenters. The van der Waals surface area contributed by atoms with Gasteiger partial charge in [-0.1, -0.05) is 121 Å². The highest BCUT2D eigenvalue weighted by Crippen LogP contribution is 2.46. The number of rotatable bonds is 4. The lowest BCUT2D eigenvalue weighted by Gasteiger charge is -2.09. The maximum Gasteiger partial charge on any atom is 0.165 e. The van der Waals surface area contributed by atoms with E-state index < -0.39 is 0 Å². The van der Waals surface area contributed by atoms with Crippen LogP contribution in [-0.4, -0.2) is 15.0 Å². The van der Waals surface area contributed by atoms with Crippen molar-refractivity contribution in [3.8, 4) is 45.3 Å². The molecule has 0 aliphatic heterocycles. The topological polar surface area (TPSA) is 65.0 Å². The number of aromatic nitrogens is 3. The average molecular weight is 672 g/mol. The molecule has 0 bridgehead atoms. The zero-order valence-corrected chi connectivity index (χ0v) is 27.8. The monoisotopic (exact) mass is 671 g/mol. The Labute approximate surface area is 295 Å². The molecule has 4 heterocycles. The Hall–Kier alpha value is -6.63. The third kappa shape index (κ3) is 4.37. The first-order chi connectivity index (χ1) is 25.3. The fourth-order valence-corrected chi connectivity index (χ4v) is 8.71. The predicted octanol–water partition coefficient (Wildman–Crippen LogP) is 12.7. The van der Waals surface area contributed by atoms with E-state index in [1.165, 1.54) is 10.1 Å². The van der Waals surface area contributed by atoms with Crippen molar-refractivity contribution in [3.63, 3.8) is 0 Å². The molecular formula is C45H25N3O2S. The molecule has 238 valence electrons. The van der Waals surface area contributed by atoms with Gasteiger partial charge >= 0.3 is 0 Å². The van der Waals surface area contributed by atoms with Crippen LogP contribution in [0.4, 0.5) is 0 Å². The number of hydrogen-bond donors (Lipinski definition) is 0. The van der Waals surface area contributed by atoms with Crippen molar-refractivity contribution in [1.29, 1.82) is 0 Å². The molecule has 4 aromatic heterocycles. The number of para-hydroxylation sites is 3. The summed E-state index contributed by atoms with van der Waals surface area (Å²) in [6, 6.07) is 52.0. The standard InChI is InChI=1S/C45H25N3O2S/c1-2-11-26(12-3-1)43-46-44(27-23-24-30-28-13-4-6-21-37(28)49-39(30)25-27)48-45(47-43)36-20-10-19-35-34-18-9-17-33(41(34)51-42(35)36)32-16-8-15-31-29-14-5-7-22-38(29)50-40(31)32/h1-25H. The minimum absolute atomic E-state index is 0.594. The number of benzene rings is 7. The molecule has 0 radical (unpaired) electrons. The minimum Gasteiger partial charge on any atom is -0.456 e. The van der Waals surface area contributed by atoms with E-state index in [-0.39, 0.29) is 0 Å². The van der Waals surface area contributed by atoms with Gasteiger partial charge in [-0.15, -0.1) is 11.3 Å². The molecule has 7 aromatic carbocycles. The van der Waals surface area contributed by atoms with Crippen molar-refractivity contribution < 1.29 is 8.83 Å². The summed E-state index contributed by atoms with van der Waals surface area (Å²) in [6.07, 6.45) is 0. The van der Waals surface area contributed by atoms with Gasteiger partial charge in [0.05, 0.1) is 0 Å². The highest BCUT2D eigenvalue weighted by atomic mass is 32.1. The maximum atomic E-state index is 6.48. The number of fused-ring (bicyclic) bond motifs is 9. The fourth-order valence-electron chi connectivity index (χ4n) is 7.37. The first-order valence-corrected chi connectivity index (χ1v) is 17.7. The largest absolute Gasteiger partial charge is 0.456 e. The lowest BCUT2D eigenvalue weighted by atomic mass is 10.00. The Morgan fingerprint density at radius 2 is 0.902 bits per heavy atom. The van der Waals surface area contributed by atoms with Gasteiger partial charge in [0.25, 0.3) is 0 Å². The van der Waals surface area contributed by atoms with Gasteiger partial charge in [-0.25, -0.2) is 15.0 Å². The second-order valence-corrected chi connectivity index (χ2v) is 13.7. The van der Waals surface area contributed by atoms with E-state index >= 15 is 0 Å². The zero-order chi connectivity index (χ0) is 33.5. The molecule has 0 N–H and O–H groups in total. The van der Waals surface area contributed by atoms with Crippen LogP contribution >= 0.6 is 11.3 Å². The molecule has 0 aliphatic rings. The molecule has 11 aromatic rings. The number of furan rings is 2. The molecule has 5 nitrogen and oxygen atoms in total. The predicted molar refractivity (Wildman–Crippen MR) is 209 cm³/mol. The number of thiophene rings is 1. The van der Waals surface area contributed by atoms with E-state index in [1.807, 2.05) is 66.7 Å². The number of hydrogen-bond acceptors (Lipinski definition) is 6. The Morgan fingerprint density at radius 1 is 0.353 bits per heavy atom. The Morgan fingerprint density at radius 3 is 1.69 bits per heavy atom. The van der Waals surface area contributed by atoms with Gasteiger partial charge in [-0.05, 0) is 30.3 Å². The molecule has 0 spiro atoms. The van der Waals surface area contributed by atoms with E-state index in [0.29, 0.717) is 17.5 Å². The maximum absolute atomic E-state index is 6.48. The lowest BCUT2D eigenvalue weighted by molar-refractivity contribution is 0.669. The molecule has 0 aliphatic carbocycles. The first kappa shape index (κ1) is 28.2. The van der Waals surface area contributed by atoms with Crippen molar-refractivity contribution in [2.45, 2.75) is 0 Å². The van der Waals surface area contributed by atoms with Crippen LogP contribution in [0.2, 0.25) is 0 Å². The normalized spacial score (nSPS) is 11.9. The zero-order valence-electron chi connectivity index (χ0n) is 27.0. The van der Waals surface area contributed by atoms with Crippen LogP contribution in [0.3, 0.4) is 0 Å². The van der Waals surface area contributed by atoms with Crippen LogP contribution < -0.4 is 0 Å². The summed E-state index contributed by atoms with van der Waals surface area (Å²) in [7, 11) is 0. The van der Waals surface area contributed by atoms with Crippen molar-refractivity contribution in [2.24, 2.45) is 0 Å². The molecule has 6 heteroatoms. The molecule has 0 amide bonds. The van der Waals surface area contributed by atoms with Crippen molar-refractivity contribution in [2.75, 3.05) is 0 Å². The summed E-state index contributed by atoms with van der Waals surface area (Å²) in [4.78, 5) is 15.3. The summed E-state index contributed by atoms with van der Waals surface area (Å²) in [5.41, 5.74) is 8.44. The SMILES string of the molecule is c1ccc(-c2nc(-c3ccc4c(c3)oc3ccccc34)nc(-c3cccc4c3sc3c(-c5cccc6c5oc5ccccc56)cccc34)n2)cc1. The molecule has 51 heavy (non-hydrogen) atoms. The van der Waals surface area contributed by atoms with Crippen LogP contribution in [0.25, 0.3) is 109 Å². The van der Waals surface area contributed by atoms with Crippen LogP contribution in [-0.2, 0) is 0 Å². The van der Waals surface area contributed by atoms with Crippen molar-refractivity contribution in [1.82, 2.24) is 15.0 Å². The molecule has 11 rings (SSSR count). The molecule has 0 saturated heterocycles. The fraction of sp³-hybridized carbons (Fsp3) is 0. The smallest absolute Gasteiger partial charge is 0.165 e. The van der Waals surface area contributed by atoms with E-state index in [4.69, 9.17) is 23.8 Å². The third-order valence-corrected chi connectivity index (χ3v) is 11.1. The van der Waals surface area contributed by atoms with Gasteiger partial charge in [0, 0.05) is 69.5 Å². The van der Waals surface area contributed by atoms with Gasteiger partial charge in [-0.2, -0.15) is 0 Å². The van der Waals surface area contributed by atoms with Gasteiger partial charge in [-0.3, -0.25) is 0 Å². The second kappa shape index (κ2) is 10.9. The van der Waals surface area contributed by atoms with Gasteiger partial charge in [0.1, 0.15) is 22.3 Å². The quantitative estimate of drug-likeness (QED) is 0.186. The van der Waals surface area contributed by atoms with Gasteiger partial charge in [0.2, 0.25) is 0 Å². The van der Waals surface area contributed by atoms with Gasteiger partial charge in [0.15, 0.2) is 17.5 Å². The molecule has 0 saturated carbocycles. The average Bonchev–Trinajstić information content (AvgIpc) is 3.89. The lowest BCUT2D eigenvalue weighted by Crippen LogP contribution is -2.00. The van der Waals surface area contributed by atoms with Crippen molar-refractivity contribution >= 4 is 75.4 Å². The molecular weight excluding hydrogens is 647 g/mol. The van der Waals surface area contributed by atoms with Crippen LogP contribution in [0.5, 0.6) is 0 Å². The highest BCUT2D eigenvalue weighted by Gasteiger charge is 2.20. The van der Waals surface area contributed by atoms with Crippen molar-refractivity contribution in [3.05, 3.63) is 152 Å². The highest BCUT2D eigenvalue weighted by molar-refractivity contribution is 7.26. The van der Waals surface area contributed by atoms with E-state index in [9.17, 15) is 0 Å². The van der Waals surface area contributed by atoms with Crippen LogP contribution in [0.1, 0.15) is 0 Å². The first-order valence-electron chi connectivity index (χ1n) is 16.9. The second-order valence-electron chi connectivity index (χ2n) is 12.7. The summed E-state index contributed by atoms with van der Waals surface area (Å²) < 4.78 is 15.1. The Bertz CT molecular complexity index is 3160. The van der Waals surface area contributed by atoms with E-state index in [2.05, 4.69) is 84.9 Å². The summed E-state index contributed by atoms with van der Waals surface area (Å²) in [5, 5.41) is 6.76. The molecule has 0 fully saturated rings. The summed E-state index contributed by atoms with van der Waals surface area (Å²) in [6.45, 7) is 0. The summed E-state index contributed by atoms with van der Waals surface area (Å²) in [5.74, 6) is 1.84. The summed E-state index contributed by atoms with van der Waals surface area (Å²) >= 11 is 1.77. The third-order valence-electron chi connectivity index (χ3n) is 9.76. The Balaban J connectivity index is 1.13. The minimum atomic E-state index is 0.594. The molecule has 0 atom stereocenters. The van der Waals surface area contributed by atoms with E-state index in [1.54, 1.807) is 11.3 Å². The van der Waals surface area contributed by atoms with Crippen LogP contribution in [0, 0.1) is 0 Å². The Kier molecular flexibility index (Phi) is 6.05. The van der Waals surface area contributed by atoms with Crippen LogP contribution in [0.15, 0.2) is 160 Å². The van der Waals surface area contributed by atoms with E-state index in [0.717, 1.165) is 81.8 Å². The van der Waals surface area contributed by atoms with Gasteiger partial charge < -0.3 is 8.83 Å².